The van der Waals surface area contributed by atoms with Crippen LogP contribution in [0, 0.1) is 0 Å². The summed E-state index contributed by atoms with van der Waals surface area (Å²) in [6.07, 6.45) is 4.37. The van der Waals surface area contributed by atoms with Gasteiger partial charge < -0.3 is 4.90 Å². The first-order valence-electron chi connectivity index (χ1n) is 5.72. The van der Waals surface area contributed by atoms with Gasteiger partial charge in [-0.25, -0.2) is 0 Å². The number of piperidine rings is 1. The molecule has 2 heteroatoms. The first-order valence-corrected chi connectivity index (χ1v) is 5.72. The maximum Gasteiger partial charge on any atom is 0.225 e. The van der Waals surface area contributed by atoms with Crippen LogP contribution in [0.25, 0.3) is 0 Å². The summed E-state index contributed by atoms with van der Waals surface area (Å²) in [5, 5.41) is 0. The van der Waals surface area contributed by atoms with Crippen molar-refractivity contribution in [3.05, 3.63) is 35.9 Å². The van der Waals surface area contributed by atoms with Gasteiger partial charge in [0.05, 0.1) is 6.04 Å². The second-order valence-electron chi connectivity index (χ2n) is 4.52. The molecule has 3 rings (SSSR count). The van der Waals surface area contributed by atoms with E-state index in [2.05, 4.69) is 29.2 Å². The molecule has 2 saturated heterocycles. The number of fused-ring (bicyclic) bond motifs is 1. The molecule has 1 aromatic rings. The maximum absolute atomic E-state index is 11.6. The molecule has 2 heterocycles. The summed E-state index contributed by atoms with van der Waals surface area (Å²) >= 11 is 0. The lowest BCUT2D eigenvalue weighted by molar-refractivity contribution is -0.153. The van der Waals surface area contributed by atoms with E-state index in [1.165, 1.54) is 18.4 Å². The van der Waals surface area contributed by atoms with Crippen LogP contribution in [0.1, 0.15) is 37.3 Å². The maximum atomic E-state index is 11.6. The van der Waals surface area contributed by atoms with Crippen molar-refractivity contribution in [3.63, 3.8) is 0 Å². The molecule has 2 aliphatic heterocycles. The molecule has 0 aromatic heterocycles. The molecule has 78 valence electrons. The molecule has 2 nitrogen and oxygen atoms in total. The Morgan fingerprint density at radius 2 is 1.93 bits per heavy atom. The molecule has 0 spiro atoms. The van der Waals surface area contributed by atoms with E-state index in [1.807, 2.05) is 6.07 Å². The van der Waals surface area contributed by atoms with Gasteiger partial charge in [-0.05, 0) is 24.8 Å². The van der Waals surface area contributed by atoms with E-state index in [0.717, 1.165) is 12.8 Å². The van der Waals surface area contributed by atoms with E-state index in [1.54, 1.807) is 0 Å². The number of nitrogens with zero attached hydrogens (tertiary/aromatic N) is 1. The predicted octanol–water partition coefficient (Wildman–Crippen LogP) is 2.51. The van der Waals surface area contributed by atoms with Crippen molar-refractivity contribution in [2.24, 2.45) is 0 Å². The van der Waals surface area contributed by atoms with E-state index in [9.17, 15) is 4.79 Å². The molecule has 2 aliphatic rings. The van der Waals surface area contributed by atoms with Crippen molar-refractivity contribution in [2.75, 3.05) is 0 Å². The third-order valence-corrected chi connectivity index (χ3v) is 3.63. The Hall–Kier alpha value is -1.31. The highest BCUT2D eigenvalue weighted by Crippen LogP contribution is 2.41. The third kappa shape index (κ3) is 1.36. The summed E-state index contributed by atoms with van der Waals surface area (Å²) in [6, 6.07) is 11.3. The van der Waals surface area contributed by atoms with Gasteiger partial charge in [-0.3, -0.25) is 4.79 Å². The number of rotatable bonds is 1. The molecule has 0 bridgehead atoms. The summed E-state index contributed by atoms with van der Waals surface area (Å²) < 4.78 is 0. The predicted molar refractivity (Wildman–Crippen MR) is 58.3 cm³/mol. The van der Waals surface area contributed by atoms with Gasteiger partial charge >= 0.3 is 0 Å². The minimum absolute atomic E-state index is 0.341. The zero-order valence-electron chi connectivity index (χ0n) is 8.73. The Morgan fingerprint density at radius 3 is 2.67 bits per heavy atom. The van der Waals surface area contributed by atoms with E-state index >= 15 is 0 Å². The van der Waals surface area contributed by atoms with E-state index < -0.39 is 0 Å². The van der Waals surface area contributed by atoms with Crippen molar-refractivity contribution in [3.8, 4) is 0 Å². The summed E-state index contributed by atoms with van der Waals surface area (Å²) in [7, 11) is 0. The third-order valence-electron chi connectivity index (χ3n) is 3.63. The van der Waals surface area contributed by atoms with Gasteiger partial charge in [0.15, 0.2) is 0 Å². The highest BCUT2D eigenvalue weighted by atomic mass is 16.2. The molecular formula is C13H15NO. The van der Waals surface area contributed by atoms with Gasteiger partial charge in [-0.2, -0.15) is 0 Å². The SMILES string of the molecule is O=C1CC2CCCC(c3ccccc3)N12. The van der Waals surface area contributed by atoms with Gasteiger partial charge in [0, 0.05) is 12.5 Å². The Balaban J connectivity index is 1.89. The van der Waals surface area contributed by atoms with Crippen LogP contribution in [0.3, 0.4) is 0 Å². The Kier molecular flexibility index (Phi) is 2.01. The normalized spacial score (nSPS) is 29.6. The fourth-order valence-electron chi connectivity index (χ4n) is 2.85. The second-order valence-corrected chi connectivity index (χ2v) is 4.52. The fourth-order valence-corrected chi connectivity index (χ4v) is 2.85. The first-order chi connectivity index (χ1) is 7.36. The van der Waals surface area contributed by atoms with Crippen LogP contribution < -0.4 is 0 Å². The highest BCUT2D eigenvalue weighted by Gasteiger charge is 2.43. The fraction of sp³-hybridized carbons (Fsp3) is 0.462. The van der Waals surface area contributed by atoms with Crippen molar-refractivity contribution >= 4 is 5.91 Å². The number of β-lactam (4-membered cyclic amide) rings is 1. The summed E-state index contributed by atoms with van der Waals surface area (Å²) in [5.41, 5.74) is 1.30. The van der Waals surface area contributed by atoms with Gasteiger partial charge in [-0.15, -0.1) is 0 Å². The number of benzene rings is 1. The van der Waals surface area contributed by atoms with E-state index in [-0.39, 0.29) is 0 Å². The smallest absolute Gasteiger partial charge is 0.225 e. The molecule has 0 radical (unpaired) electrons. The quantitative estimate of drug-likeness (QED) is 0.639. The van der Waals surface area contributed by atoms with Crippen molar-refractivity contribution < 1.29 is 4.79 Å². The molecule has 0 N–H and O–H groups in total. The van der Waals surface area contributed by atoms with Crippen molar-refractivity contribution in [1.82, 2.24) is 4.90 Å². The molecular weight excluding hydrogens is 186 g/mol. The number of carbonyl (C=O) groups excluding carboxylic acids is 1. The van der Waals surface area contributed by atoms with Crippen LogP contribution in [-0.4, -0.2) is 16.8 Å². The average Bonchev–Trinajstić information content (AvgIpc) is 2.28. The topological polar surface area (TPSA) is 20.3 Å². The molecule has 1 amide bonds. The monoisotopic (exact) mass is 201 g/mol. The Bertz CT molecular complexity index is 373. The molecule has 2 atom stereocenters. The van der Waals surface area contributed by atoms with Crippen LogP contribution in [0.4, 0.5) is 0 Å². The molecule has 15 heavy (non-hydrogen) atoms. The lowest BCUT2D eigenvalue weighted by atomic mass is 9.84. The van der Waals surface area contributed by atoms with Gasteiger partial charge in [0.2, 0.25) is 5.91 Å². The second kappa shape index (κ2) is 3.37. The van der Waals surface area contributed by atoms with Gasteiger partial charge in [-0.1, -0.05) is 30.3 Å². The summed E-state index contributed by atoms with van der Waals surface area (Å²) in [6.45, 7) is 0. The summed E-state index contributed by atoms with van der Waals surface area (Å²) in [5.74, 6) is 0.341. The molecule has 2 unspecified atom stereocenters. The van der Waals surface area contributed by atoms with E-state index in [4.69, 9.17) is 0 Å². The highest BCUT2D eigenvalue weighted by molar-refractivity contribution is 5.83. The molecule has 2 fully saturated rings. The van der Waals surface area contributed by atoms with Gasteiger partial charge in [0.25, 0.3) is 0 Å². The lowest BCUT2D eigenvalue weighted by Crippen LogP contribution is -2.56. The van der Waals surface area contributed by atoms with Crippen LogP contribution in [0.2, 0.25) is 0 Å². The van der Waals surface area contributed by atoms with Gasteiger partial charge in [0.1, 0.15) is 0 Å². The zero-order valence-corrected chi connectivity index (χ0v) is 8.73. The number of hydrogen-bond donors (Lipinski definition) is 0. The first kappa shape index (κ1) is 8.96. The standard InChI is InChI=1S/C13H15NO/c15-13-9-11-7-4-8-12(14(11)13)10-5-2-1-3-6-10/h1-3,5-6,11-12H,4,7-9H2. The largest absolute Gasteiger partial charge is 0.332 e. The Labute approximate surface area is 89.9 Å². The van der Waals surface area contributed by atoms with Crippen LogP contribution in [-0.2, 0) is 4.79 Å². The molecule has 1 aromatic carbocycles. The minimum atomic E-state index is 0.341. The van der Waals surface area contributed by atoms with Crippen LogP contribution in [0.15, 0.2) is 30.3 Å². The number of amides is 1. The van der Waals surface area contributed by atoms with Crippen molar-refractivity contribution in [1.29, 1.82) is 0 Å². The van der Waals surface area contributed by atoms with E-state index in [0.29, 0.717) is 18.0 Å². The average molecular weight is 201 g/mol. The molecule has 0 saturated carbocycles. The molecule has 0 aliphatic carbocycles. The number of hydrogen-bond acceptors (Lipinski definition) is 1. The van der Waals surface area contributed by atoms with Crippen molar-refractivity contribution in [2.45, 2.75) is 37.8 Å². The number of carbonyl (C=O) groups is 1. The zero-order chi connectivity index (χ0) is 10.3. The minimum Gasteiger partial charge on any atom is -0.332 e. The lowest BCUT2D eigenvalue weighted by Gasteiger charge is -2.49. The van der Waals surface area contributed by atoms with Crippen LogP contribution in [0.5, 0.6) is 0 Å². The summed E-state index contributed by atoms with van der Waals surface area (Å²) in [4.78, 5) is 13.7. The Morgan fingerprint density at radius 1 is 1.13 bits per heavy atom. The van der Waals surface area contributed by atoms with Crippen LogP contribution >= 0.6 is 0 Å².